The first-order valence-corrected chi connectivity index (χ1v) is 11.0. The van der Waals surface area contributed by atoms with E-state index in [2.05, 4.69) is 10.0 Å². The molecular weight excluding hydrogens is 414 g/mol. The molecule has 0 saturated heterocycles. The van der Waals surface area contributed by atoms with Crippen LogP contribution in [0.4, 0.5) is 11.4 Å². The van der Waals surface area contributed by atoms with E-state index in [1.54, 1.807) is 41.3 Å². The molecule has 0 radical (unpaired) electrons. The summed E-state index contributed by atoms with van der Waals surface area (Å²) in [6.07, 6.45) is 0.576. The summed E-state index contributed by atoms with van der Waals surface area (Å²) in [5, 5.41) is 3.17. The number of nitrogens with zero attached hydrogens (tertiary/aromatic N) is 1. The van der Waals surface area contributed by atoms with E-state index < -0.39 is 10.0 Å². The minimum Gasteiger partial charge on any atom is -0.326 e. The Kier molecular flexibility index (Phi) is 6.26. The highest BCUT2D eigenvalue weighted by molar-refractivity contribution is 7.89. The molecule has 0 saturated carbocycles. The van der Waals surface area contributed by atoms with Gasteiger partial charge in [0.25, 0.3) is 0 Å². The summed E-state index contributed by atoms with van der Waals surface area (Å²) in [5.41, 5.74) is 2.10. The molecule has 2 aromatic carbocycles. The van der Waals surface area contributed by atoms with Crippen molar-refractivity contribution in [2.75, 3.05) is 16.8 Å². The van der Waals surface area contributed by atoms with Gasteiger partial charge in [0.15, 0.2) is 0 Å². The first-order chi connectivity index (χ1) is 13.7. The molecule has 29 heavy (non-hydrogen) atoms. The third kappa shape index (κ3) is 4.95. The monoisotopic (exact) mass is 435 g/mol. The minimum absolute atomic E-state index is 0.0106. The molecule has 7 nitrogen and oxygen atoms in total. The molecule has 0 aromatic heterocycles. The lowest BCUT2D eigenvalue weighted by atomic mass is 10.1. The van der Waals surface area contributed by atoms with Gasteiger partial charge in [-0.05, 0) is 55.3 Å². The molecule has 1 aliphatic rings. The Hall–Kier alpha value is -2.42. The fraction of sp³-hybridized carbons (Fsp3) is 0.300. The van der Waals surface area contributed by atoms with Crippen LogP contribution in [0.1, 0.15) is 25.8 Å². The van der Waals surface area contributed by atoms with Gasteiger partial charge in [0.2, 0.25) is 21.8 Å². The van der Waals surface area contributed by atoms with Crippen LogP contribution >= 0.6 is 11.6 Å². The highest BCUT2D eigenvalue weighted by Crippen LogP contribution is 2.33. The quantitative estimate of drug-likeness (QED) is 0.729. The lowest BCUT2D eigenvalue weighted by Crippen LogP contribution is -2.33. The fourth-order valence-corrected chi connectivity index (χ4v) is 4.70. The van der Waals surface area contributed by atoms with Crippen molar-refractivity contribution >= 4 is 44.8 Å². The number of carbonyl (C=O) groups excluding carboxylic acids is 2. The summed E-state index contributed by atoms with van der Waals surface area (Å²) in [5.74, 6) is -0.398. The standard InChI is InChI=1S/C20H22ClN3O4S/c1-13-10-15-11-18(6-7-19(15)24(13)14(2)25)29(27,28)22-9-8-20(26)23-17-5-3-4-16(21)12-17/h3-7,11-13,22H,8-10H2,1-2H3,(H,23,26)/t13-/m0/s1. The molecule has 154 valence electrons. The number of carbonyl (C=O) groups is 2. The van der Waals surface area contributed by atoms with Crippen molar-refractivity contribution in [2.45, 2.75) is 37.6 Å². The zero-order valence-electron chi connectivity index (χ0n) is 16.1. The number of nitrogens with one attached hydrogen (secondary N) is 2. The van der Waals surface area contributed by atoms with Gasteiger partial charge in [0, 0.05) is 42.3 Å². The molecular formula is C20H22ClN3O4S. The second-order valence-electron chi connectivity index (χ2n) is 6.94. The highest BCUT2D eigenvalue weighted by Gasteiger charge is 2.30. The van der Waals surface area contributed by atoms with Crippen molar-refractivity contribution in [3.63, 3.8) is 0 Å². The number of rotatable bonds is 6. The van der Waals surface area contributed by atoms with Crippen molar-refractivity contribution < 1.29 is 18.0 Å². The first kappa shape index (κ1) is 21.3. The molecule has 0 fully saturated rings. The van der Waals surface area contributed by atoms with E-state index in [0.717, 1.165) is 11.3 Å². The smallest absolute Gasteiger partial charge is 0.240 e. The Morgan fingerprint density at radius 2 is 1.97 bits per heavy atom. The lowest BCUT2D eigenvalue weighted by molar-refractivity contribution is -0.117. The number of amides is 2. The van der Waals surface area contributed by atoms with Crippen LogP contribution in [-0.4, -0.2) is 32.8 Å². The summed E-state index contributed by atoms with van der Waals surface area (Å²) >= 11 is 5.87. The van der Waals surface area contributed by atoms with Crippen LogP contribution in [0.3, 0.4) is 0 Å². The molecule has 2 amide bonds. The molecule has 0 spiro atoms. The summed E-state index contributed by atoms with van der Waals surface area (Å²) in [4.78, 5) is 25.6. The summed E-state index contributed by atoms with van der Waals surface area (Å²) in [6.45, 7) is 3.38. The maximum Gasteiger partial charge on any atom is 0.240 e. The molecule has 3 rings (SSSR count). The van der Waals surface area contributed by atoms with Crippen molar-refractivity contribution in [1.82, 2.24) is 4.72 Å². The van der Waals surface area contributed by atoms with Crippen LogP contribution < -0.4 is 14.9 Å². The van der Waals surface area contributed by atoms with Crippen LogP contribution in [-0.2, 0) is 26.0 Å². The van der Waals surface area contributed by atoms with Crippen LogP contribution in [0.5, 0.6) is 0 Å². The Balaban J connectivity index is 1.61. The summed E-state index contributed by atoms with van der Waals surface area (Å²) in [6, 6.07) is 11.4. The second kappa shape index (κ2) is 8.52. The van der Waals surface area contributed by atoms with Crippen molar-refractivity contribution in [3.8, 4) is 0 Å². The largest absolute Gasteiger partial charge is 0.326 e. The number of sulfonamides is 1. The molecule has 2 aromatic rings. The molecule has 0 unspecified atom stereocenters. The topological polar surface area (TPSA) is 95.6 Å². The van der Waals surface area contributed by atoms with E-state index in [-0.39, 0.29) is 35.7 Å². The van der Waals surface area contributed by atoms with E-state index in [4.69, 9.17) is 11.6 Å². The predicted molar refractivity (Wildman–Crippen MR) is 113 cm³/mol. The average molecular weight is 436 g/mol. The van der Waals surface area contributed by atoms with E-state index >= 15 is 0 Å². The van der Waals surface area contributed by atoms with Gasteiger partial charge in [-0.15, -0.1) is 0 Å². The Bertz CT molecular complexity index is 1060. The summed E-state index contributed by atoms with van der Waals surface area (Å²) < 4.78 is 27.6. The maximum absolute atomic E-state index is 12.6. The number of fused-ring (bicyclic) bond motifs is 1. The van der Waals surface area contributed by atoms with Crippen LogP contribution in [0, 0.1) is 0 Å². The normalized spacial score (nSPS) is 15.8. The fourth-order valence-electron chi connectivity index (χ4n) is 3.43. The van der Waals surface area contributed by atoms with Gasteiger partial charge in [-0.25, -0.2) is 13.1 Å². The predicted octanol–water partition coefficient (Wildman–Crippen LogP) is 2.94. The number of anilines is 2. The number of benzene rings is 2. The summed E-state index contributed by atoms with van der Waals surface area (Å²) in [7, 11) is -3.77. The minimum atomic E-state index is -3.77. The van der Waals surface area contributed by atoms with Crippen molar-refractivity contribution in [3.05, 3.63) is 53.1 Å². The zero-order valence-corrected chi connectivity index (χ0v) is 17.7. The van der Waals surface area contributed by atoms with E-state index in [9.17, 15) is 18.0 Å². The zero-order chi connectivity index (χ0) is 21.2. The van der Waals surface area contributed by atoms with Gasteiger partial charge in [-0.2, -0.15) is 0 Å². The molecule has 1 atom stereocenters. The van der Waals surface area contributed by atoms with E-state index in [1.807, 2.05) is 6.92 Å². The van der Waals surface area contributed by atoms with Gasteiger partial charge in [-0.3, -0.25) is 9.59 Å². The van der Waals surface area contributed by atoms with Crippen LogP contribution in [0.2, 0.25) is 5.02 Å². The number of hydrogen-bond donors (Lipinski definition) is 2. The lowest BCUT2D eigenvalue weighted by Gasteiger charge is -2.20. The SMILES string of the molecule is CC(=O)N1c2ccc(S(=O)(=O)NCCC(=O)Nc3cccc(Cl)c3)cc2C[C@@H]1C. The molecule has 9 heteroatoms. The molecule has 1 heterocycles. The second-order valence-corrected chi connectivity index (χ2v) is 9.14. The highest BCUT2D eigenvalue weighted by atomic mass is 35.5. The van der Waals surface area contributed by atoms with Gasteiger partial charge in [0.1, 0.15) is 0 Å². The van der Waals surface area contributed by atoms with Crippen LogP contribution in [0.15, 0.2) is 47.4 Å². The Labute approximate surface area is 175 Å². The van der Waals surface area contributed by atoms with Gasteiger partial charge in [-0.1, -0.05) is 17.7 Å². The van der Waals surface area contributed by atoms with Crippen molar-refractivity contribution in [1.29, 1.82) is 0 Å². The van der Waals surface area contributed by atoms with Crippen LogP contribution in [0.25, 0.3) is 0 Å². The van der Waals surface area contributed by atoms with Gasteiger partial charge in [0.05, 0.1) is 4.90 Å². The molecule has 1 aliphatic heterocycles. The number of halogens is 1. The van der Waals surface area contributed by atoms with E-state index in [0.29, 0.717) is 17.1 Å². The molecule has 0 bridgehead atoms. The number of hydrogen-bond acceptors (Lipinski definition) is 4. The molecule has 0 aliphatic carbocycles. The first-order valence-electron chi connectivity index (χ1n) is 9.15. The van der Waals surface area contributed by atoms with E-state index in [1.165, 1.54) is 13.0 Å². The van der Waals surface area contributed by atoms with Gasteiger partial charge < -0.3 is 10.2 Å². The Morgan fingerprint density at radius 1 is 1.21 bits per heavy atom. The Morgan fingerprint density at radius 3 is 2.66 bits per heavy atom. The molecule has 2 N–H and O–H groups in total. The maximum atomic E-state index is 12.6. The van der Waals surface area contributed by atoms with Crippen molar-refractivity contribution in [2.24, 2.45) is 0 Å². The third-order valence-corrected chi connectivity index (χ3v) is 6.36. The average Bonchev–Trinajstić information content (AvgIpc) is 2.96. The third-order valence-electron chi connectivity index (χ3n) is 4.67. The van der Waals surface area contributed by atoms with Gasteiger partial charge >= 0.3 is 0 Å².